The molecule has 6 heteroatoms. The zero-order chi connectivity index (χ0) is 13.5. The molecule has 1 fully saturated rings. The summed E-state index contributed by atoms with van der Waals surface area (Å²) in [6.45, 7) is 2.17. The summed E-state index contributed by atoms with van der Waals surface area (Å²) in [4.78, 5) is 2.11. The van der Waals surface area contributed by atoms with Gasteiger partial charge in [0.25, 0.3) is 0 Å². The average Bonchev–Trinajstić information content (AvgIpc) is 3.09. The quantitative estimate of drug-likeness (QED) is 0.802. The highest BCUT2D eigenvalue weighted by Gasteiger charge is 2.30. The van der Waals surface area contributed by atoms with Crippen molar-refractivity contribution in [1.82, 2.24) is 0 Å². The van der Waals surface area contributed by atoms with Gasteiger partial charge in [-0.1, -0.05) is 0 Å². The van der Waals surface area contributed by atoms with Crippen LogP contribution in [0.1, 0.15) is 19.8 Å². The summed E-state index contributed by atoms with van der Waals surface area (Å²) in [7, 11) is -1.75. The lowest BCUT2D eigenvalue weighted by Gasteiger charge is -2.27. The van der Waals surface area contributed by atoms with E-state index in [1.54, 1.807) is 12.1 Å². The summed E-state index contributed by atoms with van der Waals surface area (Å²) in [5.41, 5.74) is 6.87. The van der Waals surface area contributed by atoms with Gasteiger partial charge >= 0.3 is 0 Å². The minimum atomic E-state index is -3.74. The monoisotopic (exact) mass is 269 g/mol. The van der Waals surface area contributed by atoms with Gasteiger partial charge in [0, 0.05) is 18.8 Å². The number of sulfonamides is 1. The first kappa shape index (κ1) is 13.2. The Kier molecular flexibility index (Phi) is 3.25. The molecule has 0 spiro atoms. The molecule has 0 heterocycles. The lowest BCUT2D eigenvalue weighted by Crippen LogP contribution is -2.30. The van der Waals surface area contributed by atoms with Crippen LogP contribution in [0.15, 0.2) is 23.1 Å². The highest BCUT2D eigenvalue weighted by molar-refractivity contribution is 7.89. The Morgan fingerprint density at radius 3 is 2.44 bits per heavy atom. The Balaban J connectivity index is 2.28. The van der Waals surface area contributed by atoms with E-state index in [0.717, 1.165) is 11.6 Å². The van der Waals surface area contributed by atoms with Gasteiger partial charge in [0.2, 0.25) is 10.0 Å². The molecule has 1 aromatic carbocycles. The molecule has 4 N–H and O–H groups in total. The first-order valence-electron chi connectivity index (χ1n) is 5.96. The SMILES string of the molecule is CC(C1CC1)N(C)c1ccc(S(N)(=O)=O)c(N)c1. The van der Waals surface area contributed by atoms with Crippen LogP contribution in [0.3, 0.4) is 0 Å². The molecule has 0 aromatic heterocycles. The van der Waals surface area contributed by atoms with Crippen molar-refractivity contribution in [2.24, 2.45) is 11.1 Å². The van der Waals surface area contributed by atoms with Crippen molar-refractivity contribution in [1.29, 1.82) is 0 Å². The Bertz CT molecular complexity index is 552. The Hall–Kier alpha value is -1.27. The van der Waals surface area contributed by atoms with Crippen molar-refractivity contribution in [2.45, 2.75) is 30.7 Å². The molecule has 1 unspecified atom stereocenters. The number of hydrogen-bond acceptors (Lipinski definition) is 4. The molecule has 0 aliphatic heterocycles. The fourth-order valence-corrected chi connectivity index (χ4v) is 2.79. The van der Waals surface area contributed by atoms with Gasteiger partial charge in [-0.05, 0) is 43.9 Å². The number of rotatable bonds is 4. The molecule has 1 atom stereocenters. The van der Waals surface area contributed by atoms with Gasteiger partial charge in [0.05, 0.1) is 5.69 Å². The van der Waals surface area contributed by atoms with Crippen LogP contribution in [-0.4, -0.2) is 21.5 Å². The smallest absolute Gasteiger partial charge is 0.240 e. The molecule has 1 aliphatic rings. The highest BCUT2D eigenvalue weighted by Crippen LogP contribution is 2.36. The van der Waals surface area contributed by atoms with Gasteiger partial charge in [0.1, 0.15) is 4.90 Å². The third kappa shape index (κ3) is 2.59. The van der Waals surface area contributed by atoms with Crippen LogP contribution >= 0.6 is 0 Å². The second kappa shape index (κ2) is 4.44. The summed E-state index contributed by atoms with van der Waals surface area (Å²) >= 11 is 0. The van der Waals surface area contributed by atoms with Gasteiger partial charge < -0.3 is 10.6 Å². The Morgan fingerprint density at radius 1 is 1.39 bits per heavy atom. The molecule has 0 bridgehead atoms. The molecular weight excluding hydrogens is 250 g/mol. The van der Waals surface area contributed by atoms with Crippen LogP contribution in [0.4, 0.5) is 11.4 Å². The molecule has 100 valence electrons. The lowest BCUT2D eigenvalue weighted by atomic mass is 10.1. The molecule has 0 saturated heterocycles. The largest absolute Gasteiger partial charge is 0.398 e. The summed E-state index contributed by atoms with van der Waals surface area (Å²) in [5.74, 6) is 0.731. The van der Waals surface area contributed by atoms with E-state index in [1.807, 2.05) is 7.05 Å². The van der Waals surface area contributed by atoms with Crippen molar-refractivity contribution >= 4 is 21.4 Å². The number of hydrogen-bond donors (Lipinski definition) is 2. The van der Waals surface area contributed by atoms with Gasteiger partial charge in [-0.3, -0.25) is 0 Å². The van der Waals surface area contributed by atoms with Crippen molar-refractivity contribution in [3.05, 3.63) is 18.2 Å². The summed E-state index contributed by atoms with van der Waals surface area (Å²) in [6.07, 6.45) is 2.52. The molecule has 1 saturated carbocycles. The second-order valence-electron chi connectivity index (χ2n) is 4.96. The number of anilines is 2. The molecule has 0 amide bonds. The third-order valence-corrected chi connectivity index (χ3v) is 4.61. The number of benzene rings is 1. The van der Waals surface area contributed by atoms with E-state index in [-0.39, 0.29) is 10.6 Å². The zero-order valence-corrected chi connectivity index (χ0v) is 11.4. The average molecular weight is 269 g/mol. The van der Waals surface area contributed by atoms with E-state index in [0.29, 0.717) is 6.04 Å². The number of nitrogen functional groups attached to an aromatic ring is 1. The maximum atomic E-state index is 11.3. The first-order chi connectivity index (χ1) is 8.30. The van der Waals surface area contributed by atoms with E-state index in [4.69, 9.17) is 10.9 Å². The standard InChI is InChI=1S/C12H19N3O2S/c1-8(9-3-4-9)15(2)10-5-6-12(11(13)7-10)18(14,16)17/h5-9H,3-4,13H2,1-2H3,(H2,14,16,17). The van der Waals surface area contributed by atoms with Crippen LogP contribution < -0.4 is 15.8 Å². The summed E-state index contributed by atoms with van der Waals surface area (Å²) in [6, 6.07) is 5.31. The normalized spacial score (nSPS) is 17.5. The number of nitrogens with zero attached hydrogens (tertiary/aromatic N) is 1. The predicted octanol–water partition coefficient (Wildman–Crippen LogP) is 1.15. The van der Waals surface area contributed by atoms with Crippen LogP contribution in [0.5, 0.6) is 0 Å². The summed E-state index contributed by atoms with van der Waals surface area (Å²) < 4.78 is 22.5. The van der Waals surface area contributed by atoms with Gasteiger partial charge in [-0.2, -0.15) is 0 Å². The van der Waals surface area contributed by atoms with Gasteiger partial charge in [-0.25, -0.2) is 13.6 Å². The van der Waals surface area contributed by atoms with Crippen molar-refractivity contribution in [2.75, 3.05) is 17.7 Å². The van der Waals surface area contributed by atoms with E-state index in [1.165, 1.54) is 18.9 Å². The van der Waals surface area contributed by atoms with Gasteiger partial charge in [-0.15, -0.1) is 0 Å². The van der Waals surface area contributed by atoms with Crippen molar-refractivity contribution in [3.63, 3.8) is 0 Å². The van der Waals surface area contributed by atoms with E-state index in [2.05, 4.69) is 11.8 Å². The third-order valence-electron chi connectivity index (χ3n) is 3.62. The van der Waals surface area contributed by atoms with Gasteiger partial charge in [0.15, 0.2) is 0 Å². The Labute approximate surface area is 108 Å². The fraction of sp³-hybridized carbons (Fsp3) is 0.500. The molecule has 1 aromatic rings. The van der Waals surface area contributed by atoms with Crippen LogP contribution in [0.25, 0.3) is 0 Å². The lowest BCUT2D eigenvalue weighted by molar-refractivity contribution is 0.598. The molecule has 5 nitrogen and oxygen atoms in total. The van der Waals surface area contributed by atoms with Crippen LogP contribution in [0, 0.1) is 5.92 Å². The maximum Gasteiger partial charge on any atom is 0.240 e. The minimum absolute atomic E-state index is 0.0151. The molecule has 0 radical (unpaired) electrons. The predicted molar refractivity (Wildman–Crippen MR) is 72.8 cm³/mol. The van der Waals surface area contributed by atoms with E-state index >= 15 is 0 Å². The number of primary sulfonamides is 1. The minimum Gasteiger partial charge on any atom is -0.398 e. The maximum absolute atomic E-state index is 11.3. The van der Waals surface area contributed by atoms with E-state index in [9.17, 15) is 8.42 Å². The number of nitrogens with two attached hydrogens (primary N) is 2. The molecule has 1 aliphatic carbocycles. The molecule has 18 heavy (non-hydrogen) atoms. The van der Waals surface area contributed by atoms with E-state index < -0.39 is 10.0 Å². The van der Waals surface area contributed by atoms with Crippen molar-refractivity contribution < 1.29 is 8.42 Å². The highest BCUT2D eigenvalue weighted by atomic mass is 32.2. The fourth-order valence-electron chi connectivity index (χ4n) is 2.14. The topological polar surface area (TPSA) is 89.4 Å². The van der Waals surface area contributed by atoms with Crippen molar-refractivity contribution in [3.8, 4) is 0 Å². The summed E-state index contributed by atoms with van der Waals surface area (Å²) in [5, 5.41) is 5.08. The second-order valence-corrected chi connectivity index (χ2v) is 6.49. The molecule has 2 rings (SSSR count). The first-order valence-corrected chi connectivity index (χ1v) is 7.50. The zero-order valence-electron chi connectivity index (χ0n) is 10.6. The molecular formula is C12H19N3O2S. The van der Waals surface area contributed by atoms with Crippen LogP contribution in [-0.2, 0) is 10.0 Å². The van der Waals surface area contributed by atoms with Crippen LogP contribution in [0.2, 0.25) is 0 Å². The Morgan fingerprint density at radius 2 is 2.00 bits per heavy atom.